The van der Waals surface area contributed by atoms with Crippen LogP contribution in [0.4, 0.5) is 0 Å². The Hall–Kier alpha value is -1.55. The number of carbonyl (C=O) groups excluding carboxylic acids is 1. The van der Waals surface area contributed by atoms with Crippen molar-refractivity contribution in [2.75, 3.05) is 32.8 Å². The maximum atomic E-state index is 12.3. The van der Waals surface area contributed by atoms with Gasteiger partial charge in [0.05, 0.1) is 32.2 Å². The largest absolute Gasteiger partial charge is 0.484 e. The van der Waals surface area contributed by atoms with Crippen molar-refractivity contribution in [2.24, 2.45) is 5.92 Å². The van der Waals surface area contributed by atoms with Gasteiger partial charge in [0.25, 0.3) is 5.91 Å². The lowest BCUT2D eigenvalue weighted by atomic mass is 9.84. The molecule has 0 unspecified atom stereocenters. The Morgan fingerprint density at radius 3 is 2.57 bits per heavy atom. The number of carbonyl (C=O) groups is 1. The van der Waals surface area contributed by atoms with E-state index < -0.39 is 0 Å². The zero-order chi connectivity index (χ0) is 16.1. The van der Waals surface area contributed by atoms with Crippen molar-refractivity contribution in [2.45, 2.75) is 38.6 Å². The average molecular weight is 317 g/mol. The number of rotatable bonds is 4. The summed E-state index contributed by atoms with van der Waals surface area (Å²) in [6.07, 6.45) is 5.52. The molecular weight excluding hydrogens is 288 g/mol. The van der Waals surface area contributed by atoms with Crippen LogP contribution in [-0.4, -0.2) is 49.6 Å². The number of nitrogens with one attached hydrogen (secondary N) is 1. The van der Waals surface area contributed by atoms with E-state index >= 15 is 0 Å². The van der Waals surface area contributed by atoms with Gasteiger partial charge in [0.2, 0.25) is 0 Å². The molecule has 2 aliphatic rings. The molecule has 0 bridgehead atoms. The standard InChI is InChI=1S/C19H28N2O2/c1-16-7-5-6-10-18(16)20-11-13-21(14-12-20)19(22)15-23-17-8-3-2-4-9-17/h2-4,8-9,16,18H,5-7,10-15H2,1H3/p+1/t16-,18-/m0/s1. The predicted octanol–water partition coefficient (Wildman–Crippen LogP) is 1.37. The van der Waals surface area contributed by atoms with Crippen molar-refractivity contribution in [1.82, 2.24) is 4.90 Å². The monoisotopic (exact) mass is 317 g/mol. The molecule has 4 heteroatoms. The number of nitrogens with zero attached hydrogens (tertiary/aromatic N) is 1. The van der Waals surface area contributed by atoms with Crippen LogP contribution in [0.15, 0.2) is 30.3 Å². The summed E-state index contributed by atoms with van der Waals surface area (Å²) in [5.74, 6) is 1.72. The molecule has 1 aliphatic heterocycles. The van der Waals surface area contributed by atoms with E-state index in [9.17, 15) is 4.79 Å². The lowest BCUT2D eigenvalue weighted by Crippen LogP contribution is -3.19. The van der Waals surface area contributed by atoms with E-state index in [1.165, 1.54) is 25.7 Å². The summed E-state index contributed by atoms with van der Waals surface area (Å²) in [5.41, 5.74) is 0. The van der Waals surface area contributed by atoms with E-state index in [2.05, 4.69) is 6.92 Å². The molecule has 1 amide bonds. The molecule has 2 fully saturated rings. The maximum absolute atomic E-state index is 12.3. The van der Waals surface area contributed by atoms with E-state index in [0.29, 0.717) is 0 Å². The first-order chi connectivity index (χ1) is 11.2. The smallest absolute Gasteiger partial charge is 0.260 e. The van der Waals surface area contributed by atoms with Crippen LogP contribution in [0.3, 0.4) is 0 Å². The van der Waals surface area contributed by atoms with Gasteiger partial charge in [0.15, 0.2) is 6.61 Å². The number of para-hydroxylation sites is 1. The van der Waals surface area contributed by atoms with Gasteiger partial charge < -0.3 is 14.5 Å². The third-order valence-electron chi connectivity index (χ3n) is 5.50. The van der Waals surface area contributed by atoms with Gasteiger partial charge >= 0.3 is 0 Å². The fraction of sp³-hybridized carbons (Fsp3) is 0.632. The fourth-order valence-electron chi connectivity index (χ4n) is 4.09. The van der Waals surface area contributed by atoms with E-state index in [1.54, 1.807) is 4.90 Å². The van der Waals surface area contributed by atoms with E-state index in [0.717, 1.165) is 43.9 Å². The van der Waals surface area contributed by atoms with E-state index in [-0.39, 0.29) is 12.5 Å². The second kappa shape index (κ2) is 7.82. The number of ether oxygens (including phenoxy) is 1. The summed E-state index contributed by atoms with van der Waals surface area (Å²) < 4.78 is 5.58. The number of quaternary nitrogens is 1. The molecule has 23 heavy (non-hydrogen) atoms. The molecule has 1 aromatic carbocycles. The van der Waals surface area contributed by atoms with Crippen LogP contribution >= 0.6 is 0 Å². The van der Waals surface area contributed by atoms with E-state index in [4.69, 9.17) is 4.74 Å². The van der Waals surface area contributed by atoms with Crippen LogP contribution in [0, 0.1) is 5.92 Å². The molecule has 1 saturated heterocycles. The molecule has 2 atom stereocenters. The van der Waals surface area contributed by atoms with Crippen LogP contribution < -0.4 is 9.64 Å². The Balaban J connectivity index is 1.44. The van der Waals surface area contributed by atoms with Crippen molar-refractivity contribution in [3.8, 4) is 5.75 Å². The van der Waals surface area contributed by atoms with Crippen LogP contribution in [-0.2, 0) is 4.79 Å². The Bertz CT molecular complexity index is 497. The number of benzene rings is 1. The summed E-state index contributed by atoms with van der Waals surface area (Å²) in [7, 11) is 0. The highest BCUT2D eigenvalue weighted by atomic mass is 16.5. The van der Waals surface area contributed by atoms with Crippen molar-refractivity contribution in [3.63, 3.8) is 0 Å². The maximum Gasteiger partial charge on any atom is 0.260 e. The normalized spacial score (nSPS) is 26.0. The molecule has 1 saturated carbocycles. The molecule has 0 spiro atoms. The first kappa shape index (κ1) is 16.3. The van der Waals surface area contributed by atoms with Crippen LogP contribution in [0.2, 0.25) is 0 Å². The zero-order valence-electron chi connectivity index (χ0n) is 14.2. The number of piperazine rings is 1. The zero-order valence-corrected chi connectivity index (χ0v) is 14.2. The highest BCUT2D eigenvalue weighted by molar-refractivity contribution is 5.77. The van der Waals surface area contributed by atoms with Crippen molar-refractivity contribution in [1.29, 1.82) is 0 Å². The van der Waals surface area contributed by atoms with Crippen molar-refractivity contribution >= 4 is 5.91 Å². The van der Waals surface area contributed by atoms with Gasteiger partial charge in [-0.3, -0.25) is 4.79 Å². The summed E-state index contributed by atoms with van der Waals surface area (Å²) in [6.45, 7) is 6.48. The minimum atomic E-state index is 0.115. The number of hydrogen-bond donors (Lipinski definition) is 1. The summed E-state index contributed by atoms with van der Waals surface area (Å²) in [4.78, 5) is 16.0. The van der Waals surface area contributed by atoms with Gasteiger partial charge in [-0.1, -0.05) is 31.5 Å². The van der Waals surface area contributed by atoms with Crippen LogP contribution in [0.1, 0.15) is 32.6 Å². The molecule has 1 heterocycles. The van der Waals surface area contributed by atoms with Crippen LogP contribution in [0.25, 0.3) is 0 Å². The number of hydrogen-bond acceptors (Lipinski definition) is 2. The van der Waals surface area contributed by atoms with Gasteiger partial charge in [-0.15, -0.1) is 0 Å². The minimum Gasteiger partial charge on any atom is -0.484 e. The molecule has 0 radical (unpaired) electrons. The van der Waals surface area contributed by atoms with Crippen LogP contribution in [0.5, 0.6) is 5.75 Å². The second-order valence-corrected chi connectivity index (χ2v) is 7.01. The Morgan fingerprint density at radius 2 is 1.87 bits per heavy atom. The quantitative estimate of drug-likeness (QED) is 0.910. The molecule has 1 N–H and O–H groups in total. The van der Waals surface area contributed by atoms with Gasteiger partial charge in [-0.2, -0.15) is 0 Å². The van der Waals surface area contributed by atoms with Crippen molar-refractivity contribution in [3.05, 3.63) is 30.3 Å². The third-order valence-corrected chi connectivity index (χ3v) is 5.50. The highest BCUT2D eigenvalue weighted by Crippen LogP contribution is 2.22. The van der Waals surface area contributed by atoms with Gasteiger partial charge in [-0.25, -0.2) is 0 Å². The molecule has 1 aromatic rings. The SMILES string of the molecule is C[C@H]1CCCC[C@@H]1[NH+]1CCN(C(=O)COc2ccccc2)CC1. The molecule has 0 aromatic heterocycles. The van der Waals surface area contributed by atoms with Gasteiger partial charge in [0.1, 0.15) is 5.75 Å². The highest BCUT2D eigenvalue weighted by Gasteiger charge is 2.33. The summed E-state index contributed by atoms with van der Waals surface area (Å²) >= 11 is 0. The van der Waals surface area contributed by atoms with Gasteiger partial charge in [0, 0.05) is 5.92 Å². The molecule has 126 valence electrons. The number of amides is 1. The molecule has 4 nitrogen and oxygen atoms in total. The predicted molar refractivity (Wildman–Crippen MR) is 90.6 cm³/mol. The summed E-state index contributed by atoms with van der Waals surface area (Å²) in [6, 6.07) is 10.4. The Morgan fingerprint density at radius 1 is 1.17 bits per heavy atom. The fourth-order valence-corrected chi connectivity index (χ4v) is 4.09. The van der Waals surface area contributed by atoms with Gasteiger partial charge in [-0.05, 0) is 31.4 Å². The lowest BCUT2D eigenvalue weighted by molar-refractivity contribution is -0.934. The second-order valence-electron chi connectivity index (χ2n) is 7.01. The average Bonchev–Trinajstić information content (AvgIpc) is 2.61. The van der Waals surface area contributed by atoms with Crippen molar-refractivity contribution < 1.29 is 14.4 Å². The lowest BCUT2D eigenvalue weighted by Gasteiger charge is -2.40. The Kier molecular flexibility index (Phi) is 5.55. The van der Waals surface area contributed by atoms with E-state index in [1.807, 2.05) is 35.2 Å². The molecule has 3 rings (SSSR count). The first-order valence-corrected chi connectivity index (χ1v) is 9.04. The summed E-state index contributed by atoms with van der Waals surface area (Å²) in [5, 5.41) is 0. The first-order valence-electron chi connectivity index (χ1n) is 9.04. The third kappa shape index (κ3) is 4.25. The molecule has 1 aliphatic carbocycles. The minimum absolute atomic E-state index is 0.115. The molecular formula is C19H29N2O2+. The Labute approximate surface area is 139 Å². The topological polar surface area (TPSA) is 34.0 Å².